The highest BCUT2D eigenvalue weighted by Gasteiger charge is 2.05. The number of nitrogens with one attached hydrogen (secondary N) is 1. The molecule has 1 heterocycles. The molecule has 0 saturated carbocycles. The van der Waals surface area contributed by atoms with Crippen LogP contribution in [0.1, 0.15) is 18.5 Å². The third-order valence-corrected chi connectivity index (χ3v) is 4.49. The summed E-state index contributed by atoms with van der Waals surface area (Å²) in [5, 5.41) is 5.25. The Morgan fingerprint density at radius 3 is 2.53 bits per heavy atom. The number of hydrogen-bond donors (Lipinski definition) is 1. The fourth-order valence-corrected chi connectivity index (χ4v) is 2.69. The van der Waals surface area contributed by atoms with Gasteiger partial charge in [-0.25, -0.2) is 4.98 Å². The minimum atomic E-state index is 0.302. The van der Waals surface area contributed by atoms with Crippen LogP contribution in [0.5, 0.6) is 0 Å². The zero-order chi connectivity index (χ0) is 13.8. The summed E-state index contributed by atoms with van der Waals surface area (Å²) in [6.07, 6.45) is 1.89. The molecule has 100 valence electrons. The zero-order valence-corrected chi connectivity index (χ0v) is 13.0. The van der Waals surface area contributed by atoms with Gasteiger partial charge in [-0.1, -0.05) is 41.0 Å². The molecule has 5 heteroatoms. The Balaban J connectivity index is 2.12. The van der Waals surface area contributed by atoms with Crippen LogP contribution < -0.4 is 5.32 Å². The second-order valence-electron chi connectivity index (χ2n) is 4.12. The predicted molar refractivity (Wildman–Crippen MR) is 82.3 cm³/mol. The molecule has 1 atom stereocenters. The number of aromatic nitrogens is 1. The van der Waals surface area contributed by atoms with Crippen molar-refractivity contribution in [1.82, 2.24) is 10.3 Å². The van der Waals surface area contributed by atoms with Gasteiger partial charge in [-0.05, 0) is 43.8 Å². The molecular weight excluding hydrogens is 299 g/mol. The zero-order valence-electron chi connectivity index (χ0n) is 10.7. The number of halogens is 2. The maximum atomic E-state index is 5.99. The van der Waals surface area contributed by atoms with Crippen LogP contribution in [-0.4, -0.2) is 12.0 Å². The first-order valence-corrected chi connectivity index (χ1v) is 7.43. The van der Waals surface area contributed by atoms with Gasteiger partial charge in [0.25, 0.3) is 0 Å². The summed E-state index contributed by atoms with van der Waals surface area (Å²) in [6.45, 7) is 2.10. The highest BCUT2D eigenvalue weighted by molar-refractivity contribution is 7.99. The lowest BCUT2D eigenvalue weighted by atomic mass is 10.1. The standard InChI is InChI=1S/C14H14Cl2N2S/c1-9(17-2)10-3-6-14(18-8-10)19-11-4-5-12(15)13(16)7-11/h3-9,17H,1-2H3. The van der Waals surface area contributed by atoms with E-state index in [0.29, 0.717) is 16.1 Å². The minimum absolute atomic E-state index is 0.302. The van der Waals surface area contributed by atoms with Crippen molar-refractivity contribution in [3.8, 4) is 0 Å². The van der Waals surface area contributed by atoms with Crippen LogP contribution >= 0.6 is 35.0 Å². The highest BCUT2D eigenvalue weighted by atomic mass is 35.5. The largest absolute Gasteiger partial charge is 0.313 e. The van der Waals surface area contributed by atoms with Crippen molar-refractivity contribution in [2.45, 2.75) is 22.9 Å². The normalized spacial score (nSPS) is 12.4. The molecule has 0 fully saturated rings. The van der Waals surface area contributed by atoms with Gasteiger partial charge in [0, 0.05) is 17.1 Å². The Hall–Kier alpha value is -0.740. The molecule has 2 nitrogen and oxygen atoms in total. The molecule has 2 aromatic rings. The summed E-state index contributed by atoms with van der Waals surface area (Å²) < 4.78 is 0. The number of rotatable bonds is 4. The predicted octanol–water partition coefficient (Wildman–Crippen LogP) is 4.82. The lowest BCUT2D eigenvalue weighted by Crippen LogP contribution is -2.12. The second kappa shape index (κ2) is 6.62. The molecule has 19 heavy (non-hydrogen) atoms. The third kappa shape index (κ3) is 3.86. The van der Waals surface area contributed by atoms with Crippen molar-refractivity contribution in [2.24, 2.45) is 0 Å². The monoisotopic (exact) mass is 312 g/mol. The van der Waals surface area contributed by atoms with Crippen molar-refractivity contribution in [1.29, 1.82) is 0 Å². The SMILES string of the molecule is CNC(C)c1ccc(Sc2ccc(Cl)c(Cl)c2)nc1. The molecule has 0 aliphatic heterocycles. The van der Waals surface area contributed by atoms with Gasteiger partial charge < -0.3 is 5.32 Å². The first-order chi connectivity index (χ1) is 9.10. The smallest absolute Gasteiger partial charge is 0.101 e. The van der Waals surface area contributed by atoms with E-state index in [1.54, 1.807) is 17.8 Å². The van der Waals surface area contributed by atoms with Crippen molar-refractivity contribution >= 4 is 35.0 Å². The Morgan fingerprint density at radius 2 is 1.95 bits per heavy atom. The van der Waals surface area contributed by atoms with Gasteiger partial charge in [0.15, 0.2) is 0 Å². The summed E-state index contributed by atoms with van der Waals surface area (Å²) in [5.41, 5.74) is 1.17. The van der Waals surface area contributed by atoms with Gasteiger partial charge in [-0.2, -0.15) is 0 Å². The molecule has 0 saturated heterocycles. The van der Waals surface area contributed by atoms with E-state index in [1.807, 2.05) is 31.4 Å². The maximum absolute atomic E-state index is 5.99. The molecular formula is C14H14Cl2N2S. The average Bonchev–Trinajstić information content (AvgIpc) is 2.43. The Kier molecular flexibility index (Phi) is 5.11. The molecule has 1 N–H and O–H groups in total. The number of nitrogens with zero attached hydrogens (tertiary/aromatic N) is 1. The van der Waals surface area contributed by atoms with Crippen LogP contribution in [0, 0.1) is 0 Å². The van der Waals surface area contributed by atoms with Gasteiger partial charge in [0.1, 0.15) is 5.03 Å². The summed E-state index contributed by atoms with van der Waals surface area (Å²) >= 11 is 13.4. The maximum Gasteiger partial charge on any atom is 0.101 e. The summed E-state index contributed by atoms with van der Waals surface area (Å²) in [6, 6.07) is 9.97. The van der Waals surface area contributed by atoms with Gasteiger partial charge in [-0.3, -0.25) is 0 Å². The van der Waals surface area contributed by atoms with E-state index in [2.05, 4.69) is 23.3 Å². The molecule has 0 bridgehead atoms. The highest BCUT2D eigenvalue weighted by Crippen LogP contribution is 2.31. The van der Waals surface area contributed by atoms with E-state index in [9.17, 15) is 0 Å². The van der Waals surface area contributed by atoms with E-state index in [-0.39, 0.29) is 0 Å². The van der Waals surface area contributed by atoms with Crippen molar-refractivity contribution in [3.05, 3.63) is 52.1 Å². The van der Waals surface area contributed by atoms with E-state index in [4.69, 9.17) is 23.2 Å². The van der Waals surface area contributed by atoms with Crippen molar-refractivity contribution in [3.63, 3.8) is 0 Å². The molecule has 0 spiro atoms. The van der Waals surface area contributed by atoms with Crippen LogP contribution in [0.25, 0.3) is 0 Å². The second-order valence-corrected chi connectivity index (χ2v) is 6.03. The van der Waals surface area contributed by atoms with Gasteiger partial charge in [0.2, 0.25) is 0 Å². The first-order valence-electron chi connectivity index (χ1n) is 5.86. The Labute approximate surface area is 127 Å². The fraction of sp³-hybridized carbons (Fsp3) is 0.214. The summed E-state index contributed by atoms with van der Waals surface area (Å²) in [4.78, 5) is 5.47. The van der Waals surface area contributed by atoms with Crippen molar-refractivity contribution < 1.29 is 0 Å². The number of benzene rings is 1. The molecule has 0 aliphatic carbocycles. The van der Waals surface area contributed by atoms with Gasteiger partial charge in [0.05, 0.1) is 10.0 Å². The quantitative estimate of drug-likeness (QED) is 0.876. The topological polar surface area (TPSA) is 24.9 Å². The van der Waals surface area contributed by atoms with E-state index in [1.165, 1.54) is 5.56 Å². The fourth-order valence-electron chi connectivity index (χ4n) is 1.54. The average molecular weight is 313 g/mol. The van der Waals surface area contributed by atoms with E-state index in [0.717, 1.165) is 9.92 Å². The van der Waals surface area contributed by atoms with Crippen LogP contribution in [-0.2, 0) is 0 Å². The number of hydrogen-bond acceptors (Lipinski definition) is 3. The Morgan fingerprint density at radius 1 is 1.16 bits per heavy atom. The molecule has 1 aromatic heterocycles. The van der Waals surface area contributed by atoms with Crippen LogP contribution in [0.4, 0.5) is 0 Å². The molecule has 0 amide bonds. The van der Waals surface area contributed by atoms with Crippen molar-refractivity contribution in [2.75, 3.05) is 7.05 Å². The Bertz CT molecular complexity index is 558. The first kappa shape index (κ1) is 14.7. The van der Waals surface area contributed by atoms with Crippen LogP contribution in [0.2, 0.25) is 10.0 Å². The summed E-state index contributed by atoms with van der Waals surface area (Å²) in [7, 11) is 1.93. The summed E-state index contributed by atoms with van der Waals surface area (Å²) in [5.74, 6) is 0. The van der Waals surface area contributed by atoms with E-state index < -0.39 is 0 Å². The minimum Gasteiger partial charge on any atom is -0.313 e. The lowest BCUT2D eigenvalue weighted by Gasteiger charge is -2.10. The molecule has 0 radical (unpaired) electrons. The molecule has 0 aliphatic rings. The molecule has 1 aromatic carbocycles. The lowest BCUT2D eigenvalue weighted by molar-refractivity contribution is 0.648. The van der Waals surface area contributed by atoms with Crippen LogP contribution in [0.3, 0.4) is 0 Å². The molecule has 2 rings (SSSR count). The van der Waals surface area contributed by atoms with E-state index >= 15 is 0 Å². The van der Waals surface area contributed by atoms with Crippen LogP contribution in [0.15, 0.2) is 46.5 Å². The van der Waals surface area contributed by atoms with Gasteiger partial charge >= 0.3 is 0 Å². The van der Waals surface area contributed by atoms with Gasteiger partial charge in [-0.15, -0.1) is 0 Å². The molecule has 1 unspecified atom stereocenters. The number of pyridine rings is 1. The third-order valence-electron chi connectivity index (χ3n) is 2.81.